The van der Waals surface area contributed by atoms with E-state index in [1.54, 1.807) is 0 Å². The predicted octanol–water partition coefficient (Wildman–Crippen LogP) is 0.818. The van der Waals surface area contributed by atoms with Crippen LogP contribution in [0.1, 0.15) is 18.5 Å². The van der Waals surface area contributed by atoms with Crippen LogP contribution in [0.5, 0.6) is 0 Å². The van der Waals surface area contributed by atoms with Gasteiger partial charge >= 0.3 is 0 Å². The van der Waals surface area contributed by atoms with Gasteiger partial charge in [0.1, 0.15) is 0 Å². The number of hydrogen-bond donors (Lipinski definition) is 1. The number of nitrogens with two attached hydrogens (primary N) is 1. The first-order chi connectivity index (χ1) is 5.36. The third-order valence-corrected chi connectivity index (χ3v) is 2.63. The van der Waals surface area contributed by atoms with Gasteiger partial charge < -0.3 is 5.73 Å². The largest absolute Gasteiger partial charge is 0.327 e. The Kier molecular flexibility index (Phi) is 1.87. The second-order valence-electron chi connectivity index (χ2n) is 3.10. The van der Waals surface area contributed by atoms with Gasteiger partial charge in [-0.1, -0.05) is 4.49 Å². The summed E-state index contributed by atoms with van der Waals surface area (Å²) in [6, 6.07) is 0.318. The normalized spacial score (nSPS) is 20.1. The molecule has 4 heteroatoms. The second kappa shape index (κ2) is 2.87. The van der Waals surface area contributed by atoms with Gasteiger partial charge in [0, 0.05) is 17.8 Å². The molecule has 0 bridgehead atoms. The van der Waals surface area contributed by atoms with Gasteiger partial charge in [0.15, 0.2) is 0 Å². The molecule has 60 valence electrons. The van der Waals surface area contributed by atoms with Crippen LogP contribution in [0.4, 0.5) is 0 Å². The smallest absolute Gasteiger partial charge is 0.0771 e. The van der Waals surface area contributed by atoms with Crippen molar-refractivity contribution in [1.82, 2.24) is 9.59 Å². The topological polar surface area (TPSA) is 51.8 Å². The third kappa shape index (κ3) is 1.75. The average molecular weight is 169 g/mol. The van der Waals surface area contributed by atoms with Gasteiger partial charge in [-0.3, -0.25) is 0 Å². The number of aromatic nitrogens is 2. The summed E-state index contributed by atoms with van der Waals surface area (Å²) < 4.78 is 3.79. The summed E-state index contributed by atoms with van der Waals surface area (Å²) >= 11 is 1.40. The molecule has 11 heavy (non-hydrogen) atoms. The van der Waals surface area contributed by atoms with Crippen LogP contribution in [0, 0.1) is 5.92 Å². The van der Waals surface area contributed by atoms with E-state index < -0.39 is 0 Å². The van der Waals surface area contributed by atoms with Crippen LogP contribution < -0.4 is 5.73 Å². The van der Waals surface area contributed by atoms with Crippen molar-refractivity contribution in [3.05, 3.63) is 11.1 Å². The van der Waals surface area contributed by atoms with E-state index in [1.807, 2.05) is 5.38 Å². The minimum atomic E-state index is 0.318. The van der Waals surface area contributed by atoms with Gasteiger partial charge in [-0.05, 0) is 30.3 Å². The van der Waals surface area contributed by atoms with Crippen molar-refractivity contribution in [3.63, 3.8) is 0 Å². The predicted molar refractivity (Wildman–Crippen MR) is 44.3 cm³/mol. The van der Waals surface area contributed by atoms with Crippen LogP contribution in [-0.2, 0) is 6.42 Å². The highest BCUT2D eigenvalue weighted by atomic mass is 32.1. The van der Waals surface area contributed by atoms with Crippen LogP contribution in [0.15, 0.2) is 5.38 Å². The molecular formula is C7H11N3S. The standard InChI is InChI=1S/C7H11N3S/c8-7(5-1-2-5)3-6-4-11-10-9-6/h4-5,7H,1-3,8H2. The Morgan fingerprint density at radius 2 is 2.55 bits per heavy atom. The summed E-state index contributed by atoms with van der Waals surface area (Å²) in [6.45, 7) is 0. The Balaban J connectivity index is 1.89. The Bertz CT molecular complexity index is 218. The van der Waals surface area contributed by atoms with Crippen molar-refractivity contribution in [2.75, 3.05) is 0 Å². The van der Waals surface area contributed by atoms with Gasteiger partial charge in [-0.25, -0.2) is 0 Å². The van der Waals surface area contributed by atoms with Gasteiger partial charge in [-0.15, -0.1) is 5.10 Å². The molecule has 1 aliphatic carbocycles. The molecule has 0 amide bonds. The first-order valence-electron chi connectivity index (χ1n) is 3.88. The van der Waals surface area contributed by atoms with E-state index in [0.29, 0.717) is 6.04 Å². The van der Waals surface area contributed by atoms with E-state index >= 15 is 0 Å². The van der Waals surface area contributed by atoms with E-state index in [4.69, 9.17) is 5.73 Å². The van der Waals surface area contributed by atoms with Crippen molar-refractivity contribution in [3.8, 4) is 0 Å². The van der Waals surface area contributed by atoms with Crippen molar-refractivity contribution in [2.45, 2.75) is 25.3 Å². The lowest BCUT2D eigenvalue weighted by Crippen LogP contribution is -2.25. The molecule has 2 N–H and O–H groups in total. The molecule has 1 atom stereocenters. The van der Waals surface area contributed by atoms with Gasteiger partial charge in [0.25, 0.3) is 0 Å². The van der Waals surface area contributed by atoms with Crippen molar-refractivity contribution in [2.24, 2.45) is 11.7 Å². The lowest BCUT2D eigenvalue weighted by molar-refractivity contribution is 0.583. The van der Waals surface area contributed by atoms with Crippen molar-refractivity contribution in [1.29, 1.82) is 0 Å². The highest BCUT2D eigenvalue weighted by Gasteiger charge is 2.28. The van der Waals surface area contributed by atoms with Crippen LogP contribution in [0.25, 0.3) is 0 Å². The SMILES string of the molecule is NC(Cc1csnn1)C1CC1. The lowest BCUT2D eigenvalue weighted by Gasteiger charge is -2.05. The zero-order valence-electron chi connectivity index (χ0n) is 6.23. The molecule has 0 saturated heterocycles. The molecule has 3 nitrogen and oxygen atoms in total. The van der Waals surface area contributed by atoms with E-state index in [9.17, 15) is 0 Å². The zero-order valence-corrected chi connectivity index (χ0v) is 7.05. The van der Waals surface area contributed by atoms with Crippen LogP contribution in [0.2, 0.25) is 0 Å². The average Bonchev–Trinajstić information content (AvgIpc) is 2.73. The maximum absolute atomic E-state index is 5.91. The molecule has 0 spiro atoms. The van der Waals surface area contributed by atoms with E-state index in [1.165, 1.54) is 24.4 Å². The van der Waals surface area contributed by atoms with Crippen molar-refractivity contribution < 1.29 is 0 Å². The third-order valence-electron chi connectivity index (χ3n) is 2.08. The molecule has 1 saturated carbocycles. The molecule has 0 aliphatic heterocycles. The van der Waals surface area contributed by atoms with Crippen LogP contribution >= 0.6 is 11.5 Å². The summed E-state index contributed by atoms with van der Waals surface area (Å²) in [6.07, 6.45) is 3.51. The van der Waals surface area contributed by atoms with E-state index in [-0.39, 0.29) is 0 Å². The highest BCUT2D eigenvalue weighted by Crippen LogP contribution is 2.32. The molecule has 1 heterocycles. The Labute approximate surface area is 69.8 Å². The maximum Gasteiger partial charge on any atom is 0.0771 e. The highest BCUT2D eigenvalue weighted by molar-refractivity contribution is 7.03. The quantitative estimate of drug-likeness (QED) is 0.728. The van der Waals surface area contributed by atoms with Gasteiger partial charge in [0.05, 0.1) is 5.69 Å². The molecule has 0 aromatic carbocycles. The minimum absolute atomic E-state index is 0.318. The van der Waals surface area contributed by atoms with Crippen LogP contribution in [-0.4, -0.2) is 15.6 Å². The molecule has 2 rings (SSSR count). The minimum Gasteiger partial charge on any atom is -0.327 e. The number of nitrogens with zero attached hydrogens (tertiary/aromatic N) is 2. The Morgan fingerprint density at radius 1 is 1.73 bits per heavy atom. The summed E-state index contributed by atoms with van der Waals surface area (Å²) in [5.41, 5.74) is 6.96. The second-order valence-corrected chi connectivity index (χ2v) is 3.71. The monoisotopic (exact) mass is 169 g/mol. The fourth-order valence-corrected chi connectivity index (χ4v) is 1.67. The summed E-state index contributed by atoms with van der Waals surface area (Å²) in [4.78, 5) is 0. The fraction of sp³-hybridized carbons (Fsp3) is 0.714. The number of rotatable bonds is 3. The molecule has 0 radical (unpaired) electrons. The fourth-order valence-electron chi connectivity index (χ4n) is 1.21. The van der Waals surface area contributed by atoms with Gasteiger partial charge in [-0.2, -0.15) is 0 Å². The maximum atomic E-state index is 5.91. The molecule has 1 fully saturated rings. The first kappa shape index (κ1) is 7.18. The Morgan fingerprint density at radius 3 is 3.09 bits per heavy atom. The summed E-state index contributed by atoms with van der Waals surface area (Å²) in [5, 5.41) is 5.93. The molecule has 1 aliphatic rings. The molecule has 1 aromatic heterocycles. The first-order valence-corrected chi connectivity index (χ1v) is 4.71. The van der Waals surface area contributed by atoms with Crippen molar-refractivity contribution >= 4 is 11.5 Å². The molecule has 1 aromatic rings. The van der Waals surface area contributed by atoms with Gasteiger partial charge in [0.2, 0.25) is 0 Å². The number of hydrogen-bond acceptors (Lipinski definition) is 4. The Hall–Kier alpha value is -0.480. The molecular weight excluding hydrogens is 158 g/mol. The lowest BCUT2D eigenvalue weighted by atomic mass is 10.1. The van der Waals surface area contributed by atoms with Crippen LogP contribution in [0.3, 0.4) is 0 Å². The van der Waals surface area contributed by atoms with E-state index in [2.05, 4.69) is 9.59 Å². The summed E-state index contributed by atoms with van der Waals surface area (Å²) in [7, 11) is 0. The zero-order chi connectivity index (χ0) is 7.68. The summed E-state index contributed by atoms with van der Waals surface area (Å²) in [5.74, 6) is 0.761. The van der Waals surface area contributed by atoms with E-state index in [0.717, 1.165) is 18.0 Å². The molecule has 1 unspecified atom stereocenters.